The SMILES string of the molecule is O=C1c2ccccc2C(=O)c2c3c1ccc1c4cccc5cccc(c54)c(c4c(=O)c5ccccc5c(=O)c24)c31. The molecule has 0 saturated heterocycles. The Morgan fingerprint density at radius 3 is 1.60 bits per heavy atom. The standard InChI is InChI=1S/C36H16O4/c37-33-20-9-1-2-10-21(20)34(38)31-29-25(33)16-15-19-18-13-5-7-17-8-6-14-24(26(17)18)28(27(19)29)30-32(31)36(40)23-12-4-3-11-22(23)35(30)39/h1-16H. The van der Waals surface area contributed by atoms with Crippen LogP contribution < -0.4 is 10.9 Å². The van der Waals surface area contributed by atoms with E-state index >= 15 is 0 Å². The Bertz CT molecular complexity index is 2610. The van der Waals surface area contributed by atoms with Gasteiger partial charge in [0.25, 0.3) is 0 Å². The summed E-state index contributed by atoms with van der Waals surface area (Å²) in [5.41, 5.74) is 0.372. The molecule has 0 bridgehead atoms. The van der Waals surface area contributed by atoms with Gasteiger partial charge in [-0.05, 0) is 38.4 Å². The summed E-state index contributed by atoms with van der Waals surface area (Å²) in [7, 11) is 0. The second-order valence-corrected chi connectivity index (χ2v) is 10.5. The molecule has 0 saturated carbocycles. The summed E-state index contributed by atoms with van der Waals surface area (Å²) in [5.74, 6) is -0.688. The van der Waals surface area contributed by atoms with Crippen molar-refractivity contribution < 1.29 is 9.59 Å². The van der Waals surface area contributed by atoms with Crippen molar-refractivity contribution >= 4 is 76.2 Å². The number of ketones is 2. The molecule has 0 aromatic heterocycles. The minimum atomic E-state index is -0.416. The molecule has 0 spiro atoms. The Morgan fingerprint density at radius 2 is 0.875 bits per heavy atom. The van der Waals surface area contributed by atoms with Crippen LogP contribution in [0.15, 0.2) is 107 Å². The molecule has 9 rings (SSSR count). The van der Waals surface area contributed by atoms with Gasteiger partial charge in [-0.1, -0.05) is 91.0 Å². The van der Waals surface area contributed by atoms with E-state index < -0.39 is 5.78 Å². The van der Waals surface area contributed by atoms with Crippen molar-refractivity contribution in [3.05, 3.63) is 140 Å². The third-order valence-corrected chi connectivity index (χ3v) is 8.68. The Kier molecular flexibility index (Phi) is 3.82. The van der Waals surface area contributed by atoms with E-state index in [9.17, 15) is 19.2 Å². The predicted molar refractivity (Wildman–Crippen MR) is 160 cm³/mol. The van der Waals surface area contributed by atoms with Crippen LogP contribution in [-0.2, 0) is 0 Å². The van der Waals surface area contributed by atoms with Crippen LogP contribution in [0.1, 0.15) is 31.8 Å². The van der Waals surface area contributed by atoms with Crippen molar-refractivity contribution in [3.63, 3.8) is 0 Å². The van der Waals surface area contributed by atoms with E-state index in [2.05, 4.69) is 0 Å². The molecule has 0 amide bonds. The molecular formula is C36H16O4. The molecule has 0 aliphatic heterocycles. The van der Waals surface area contributed by atoms with Gasteiger partial charge in [-0.3, -0.25) is 19.2 Å². The van der Waals surface area contributed by atoms with Crippen LogP contribution in [0.5, 0.6) is 0 Å². The van der Waals surface area contributed by atoms with E-state index in [-0.39, 0.29) is 43.9 Å². The van der Waals surface area contributed by atoms with Gasteiger partial charge < -0.3 is 0 Å². The zero-order valence-corrected chi connectivity index (χ0v) is 20.9. The average molecular weight is 513 g/mol. The second-order valence-electron chi connectivity index (χ2n) is 10.5. The molecule has 0 unspecified atom stereocenters. The normalized spacial score (nSPS) is 13.3. The fourth-order valence-electron chi connectivity index (χ4n) is 7.07. The Labute approximate surface area is 225 Å². The highest BCUT2D eigenvalue weighted by atomic mass is 16.1. The lowest BCUT2D eigenvalue weighted by Gasteiger charge is -2.19. The van der Waals surface area contributed by atoms with Gasteiger partial charge in [0, 0.05) is 54.6 Å². The van der Waals surface area contributed by atoms with Crippen LogP contribution in [0.4, 0.5) is 0 Å². The first-order valence-corrected chi connectivity index (χ1v) is 13.1. The second kappa shape index (κ2) is 7.13. The van der Waals surface area contributed by atoms with Crippen molar-refractivity contribution in [2.24, 2.45) is 0 Å². The number of benzene rings is 8. The highest BCUT2D eigenvalue weighted by molar-refractivity contribution is 6.45. The number of fused-ring (bicyclic) bond motifs is 7. The van der Waals surface area contributed by atoms with Crippen LogP contribution in [0.25, 0.3) is 64.6 Å². The Hall–Kier alpha value is -5.48. The van der Waals surface area contributed by atoms with Crippen molar-refractivity contribution in [2.45, 2.75) is 0 Å². The zero-order valence-electron chi connectivity index (χ0n) is 20.9. The summed E-state index contributed by atoms with van der Waals surface area (Å²) in [6.07, 6.45) is 0. The van der Waals surface area contributed by atoms with Crippen molar-refractivity contribution in [2.75, 3.05) is 0 Å². The summed E-state index contributed by atoms with van der Waals surface area (Å²) in [5, 5.41) is 7.29. The first-order valence-electron chi connectivity index (χ1n) is 13.1. The maximum Gasteiger partial charge on any atom is 0.195 e. The van der Waals surface area contributed by atoms with Gasteiger partial charge in [0.2, 0.25) is 0 Å². The van der Waals surface area contributed by atoms with Gasteiger partial charge >= 0.3 is 0 Å². The van der Waals surface area contributed by atoms with Gasteiger partial charge in [0.05, 0.1) is 0 Å². The third-order valence-electron chi connectivity index (χ3n) is 8.68. The third kappa shape index (κ3) is 2.34. The maximum absolute atomic E-state index is 14.4. The molecule has 1 aliphatic rings. The smallest absolute Gasteiger partial charge is 0.195 e. The first kappa shape index (κ1) is 21.5. The molecule has 0 radical (unpaired) electrons. The van der Waals surface area contributed by atoms with Crippen molar-refractivity contribution in [1.82, 2.24) is 0 Å². The number of hydrogen-bond donors (Lipinski definition) is 0. The molecular weight excluding hydrogens is 496 g/mol. The van der Waals surface area contributed by atoms with Crippen molar-refractivity contribution in [1.29, 1.82) is 0 Å². The van der Waals surface area contributed by atoms with Crippen LogP contribution >= 0.6 is 0 Å². The number of carbonyl (C=O) groups is 2. The summed E-state index contributed by atoms with van der Waals surface area (Å²) in [6.45, 7) is 0. The summed E-state index contributed by atoms with van der Waals surface area (Å²) in [4.78, 5) is 57.2. The van der Waals surface area contributed by atoms with Crippen LogP contribution in [0.2, 0.25) is 0 Å². The largest absolute Gasteiger partial charge is 0.289 e. The summed E-state index contributed by atoms with van der Waals surface area (Å²) in [6, 6.07) is 29.2. The van der Waals surface area contributed by atoms with E-state index in [0.29, 0.717) is 32.7 Å². The number of hydrogen-bond acceptors (Lipinski definition) is 4. The molecule has 0 heterocycles. The molecule has 0 atom stereocenters. The summed E-state index contributed by atoms with van der Waals surface area (Å²) < 4.78 is 0. The molecule has 0 fully saturated rings. The molecule has 4 heteroatoms. The average Bonchev–Trinajstić information content (AvgIpc) is 3.09. The van der Waals surface area contributed by atoms with Gasteiger partial charge in [0.1, 0.15) is 0 Å². The number of rotatable bonds is 0. The van der Waals surface area contributed by atoms with Crippen LogP contribution in [-0.4, -0.2) is 11.6 Å². The fourth-order valence-corrected chi connectivity index (χ4v) is 7.07. The monoisotopic (exact) mass is 512 g/mol. The van der Waals surface area contributed by atoms with Crippen LogP contribution in [0, 0.1) is 0 Å². The molecule has 184 valence electrons. The fraction of sp³-hybridized carbons (Fsp3) is 0. The zero-order chi connectivity index (χ0) is 26.9. The van der Waals surface area contributed by atoms with Gasteiger partial charge in [0.15, 0.2) is 22.4 Å². The molecule has 8 aromatic carbocycles. The molecule has 0 N–H and O–H groups in total. The molecule has 1 aliphatic carbocycles. The minimum absolute atomic E-state index is 0.0930. The molecule has 4 nitrogen and oxygen atoms in total. The highest BCUT2D eigenvalue weighted by Gasteiger charge is 2.33. The number of carbonyl (C=O) groups excluding carboxylic acids is 2. The van der Waals surface area contributed by atoms with Crippen molar-refractivity contribution in [3.8, 4) is 0 Å². The summed E-state index contributed by atoms with van der Waals surface area (Å²) >= 11 is 0. The van der Waals surface area contributed by atoms with E-state index in [0.717, 1.165) is 26.9 Å². The molecule has 40 heavy (non-hydrogen) atoms. The topological polar surface area (TPSA) is 68.3 Å². The lowest BCUT2D eigenvalue weighted by Crippen LogP contribution is -2.18. The van der Waals surface area contributed by atoms with Crippen LogP contribution in [0.3, 0.4) is 0 Å². The van der Waals surface area contributed by atoms with E-state index in [4.69, 9.17) is 0 Å². The lowest BCUT2D eigenvalue weighted by atomic mass is 9.81. The maximum atomic E-state index is 14.4. The Morgan fingerprint density at radius 1 is 0.325 bits per heavy atom. The molecule has 8 aromatic rings. The lowest BCUT2D eigenvalue weighted by molar-refractivity contribution is 0.101. The van der Waals surface area contributed by atoms with Gasteiger partial charge in [-0.15, -0.1) is 0 Å². The quantitative estimate of drug-likeness (QED) is 0.162. The van der Waals surface area contributed by atoms with Gasteiger partial charge in [-0.25, -0.2) is 0 Å². The van der Waals surface area contributed by atoms with E-state index in [1.54, 1.807) is 54.6 Å². The van der Waals surface area contributed by atoms with Gasteiger partial charge in [-0.2, -0.15) is 0 Å². The minimum Gasteiger partial charge on any atom is -0.289 e. The van der Waals surface area contributed by atoms with E-state index in [1.165, 1.54) is 0 Å². The first-order chi connectivity index (χ1) is 19.6. The Balaban J connectivity index is 1.75. The van der Waals surface area contributed by atoms with E-state index in [1.807, 2.05) is 42.5 Å². The predicted octanol–water partition coefficient (Wildman–Crippen LogP) is 6.98. The highest BCUT2D eigenvalue weighted by Crippen LogP contribution is 2.47.